The molecule has 2 aliphatic rings. The predicted octanol–water partition coefficient (Wildman–Crippen LogP) is 4.20. The number of nitrogens with one attached hydrogen (secondary N) is 3. The van der Waals surface area contributed by atoms with E-state index in [9.17, 15) is 27.6 Å². The monoisotopic (exact) mass is 816 g/mol. The Balaban J connectivity index is 0.852. The molecular formula is C37H36F4N14O4. The number of H-pyrrole nitrogens is 1. The van der Waals surface area contributed by atoms with Gasteiger partial charge < -0.3 is 14.7 Å². The van der Waals surface area contributed by atoms with Crippen LogP contribution >= 0.6 is 0 Å². The fraction of sp³-hybridized carbons (Fsp3) is 0.351. The second-order valence-corrected chi connectivity index (χ2v) is 14.6. The minimum atomic E-state index is -4.57. The lowest BCUT2D eigenvalue weighted by molar-refractivity contribution is -0.182. The Hall–Kier alpha value is -6.84. The standard InChI is InChI=1S/C37H36F4N14O4/c1-20(52-8-10-53(11-9-52)30-19-55-27(16-42-30)26(17-46-55)54-7-6-31(56)48-35(54)58)21-4-5-23(24(38)12-21)22-14-43-32(44-15-22)25-13-28(59-51-25)33(57)45-18-29-47-34(50-49-29)36(2,3)37(39,40)41/h4-5,12-17,19-20H,6-11,18H2,1-3H3,(H,45,57)(H,47,49,50)(H,48,56,58). The quantitative estimate of drug-likeness (QED) is 0.166. The normalized spacial score (nSPS) is 16.1. The molecule has 0 bridgehead atoms. The lowest BCUT2D eigenvalue weighted by Gasteiger charge is -2.38. The Kier molecular flexibility index (Phi) is 10.0. The molecule has 22 heteroatoms. The van der Waals surface area contributed by atoms with E-state index in [2.05, 4.69) is 60.8 Å². The van der Waals surface area contributed by atoms with Crippen molar-refractivity contribution in [2.75, 3.05) is 42.5 Å². The summed E-state index contributed by atoms with van der Waals surface area (Å²) in [5.41, 5.74) is 0.575. The highest BCUT2D eigenvalue weighted by atomic mass is 19.4. The molecule has 0 spiro atoms. The van der Waals surface area contributed by atoms with Gasteiger partial charge in [0.1, 0.15) is 28.4 Å². The smallest absolute Gasteiger partial charge is 0.353 e. The molecule has 2 saturated heterocycles. The number of carbonyl (C=O) groups excluding carboxylic acids is 3. The minimum absolute atomic E-state index is 0.0149. The fourth-order valence-corrected chi connectivity index (χ4v) is 6.72. The van der Waals surface area contributed by atoms with E-state index in [1.807, 2.05) is 19.2 Å². The number of hydrogen-bond donors (Lipinski definition) is 3. The maximum Gasteiger partial charge on any atom is 0.401 e. The van der Waals surface area contributed by atoms with Crippen molar-refractivity contribution in [3.63, 3.8) is 0 Å². The van der Waals surface area contributed by atoms with E-state index < -0.39 is 35.2 Å². The third-order valence-electron chi connectivity index (χ3n) is 10.5. The maximum absolute atomic E-state index is 15.6. The molecule has 1 aromatic carbocycles. The number of alkyl halides is 3. The molecule has 4 amide bonds. The first-order valence-corrected chi connectivity index (χ1v) is 18.5. The molecule has 2 fully saturated rings. The lowest BCUT2D eigenvalue weighted by atomic mass is 9.92. The van der Waals surface area contributed by atoms with E-state index in [-0.39, 0.29) is 54.6 Å². The van der Waals surface area contributed by atoms with E-state index >= 15 is 4.39 Å². The number of piperazine rings is 1. The van der Waals surface area contributed by atoms with E-state index in [0.29, 0.717) is 48.5 Å². The average Bonchev–Trinajstić information content (AvgIpc) is 4.00. The number of anilines is 2. The zero-order chi connectivity index (χ0) is 41.6. The number of halogens is 4. The first kappa shape index (κ1) is 39.0. The van der Waals surface area contributed by atoms with Crippen LogP contribution in [0.5, 0.6) is 0 Å². The van der Waals surface area contributed by atoms with Gasteiger partial charge in [-0.25, -0.2) is 33.6 Å². The van der Waals surface area contributed by atoms with Crippen molar-refractivity contribution in [1.82, 2.24) is 60.4 Å². The zero-order valence-corrected chi connectivity index (χ0v) is 31.8. The molecule has 2 aliphatic heterocycles. The summed E-state index contributed by atoms with van der Waals surface area (Å²) in [7, 11) is 0. The third kappa shape index (κ3) is 7.65. The number of hydrogen-bond acceptors (Lipinski definition) is 13. The number of carbonyl (C=O) groups is 3. The molecule has 0 saturated carbocycles. The lowest BCUT2D eigenvalue weighted by Crippen LogP contribution is -2.49. The summed E-state index contributed by atoms with van der Waals surface area (Å²) in [5, 5.41) is 19.1. The number of fused-ring (bicyclic) bond motifs is 1. The van der Waals surface area contributed by atoms with Crippen molar-refractivity contribution < 1.29 is 36.5 Å². The van der Waals surface area contributed by atoms with Crippen molar-refractivity contribution in [3.8, 4) is 22.6 Å². The number of imide groups is 1. The van der Waals surface area contributed by atoms with E-state index in [1.54, 1.807) is 23.0 Å². The van der Waals surface area contributed by atoms with E-state index in [4.69, 9.17) is 4.52 Å². The Bertz CT molecular complexity index is 2540. The van der Waals surface area contributed by atoms with Gasteiger partial charge in [0, 0.05) is 74.8 Å². The van der Waals surface area contributed by atoms with Crippen LogP contribution in [0.2, 0.25) is 0 Å². The maximum atomic E-state index is 15.6. The van der Waals surface area contributed by atoms with Gasteiger partial charge in [0.2, 0.25) is 11.7 Å². The average molecular weight is 817 g/mol. The molecular weight excluding hydrogens is 780 g/mol. The molecule has 59 heavy (non-hydrogen) atoms. The van der Waals surface area contributed by atoms with Gasteiger partial charge >= 0.3 is 12.2 Å². The Morgan fingerprint density at radius 1 is 1.00 bits per heavy atom. The first-order chi connectivity index (χ1) is 28.2. The summed E-state index contributed by atoms with van der Waals surface area (Å²) in [6.07, 6.45) is 3.57. The molecule has 0 aliphatic carbocycles. The molecule has 1 atom stereocenters. The highest BCUT2D eigenvalue weighted by Crippen LogP contribution is 2.38. The predicted molar refractivity (Wildman–Crippen MR) is 200 cm³/mol. The van der Waals surface area contributed by atoms with E-state index in [1.165, 1.54) is 29.4 Å². The summed E-state index contributed by atoms with van der Waals surface area (Å²) in [5.74, 6) is -1.27. The second kappa shape index (κ2) is 15.2. The Labute approximate surface area is 332 Å². The van der Waals surface area contributed by atoms with Gasteiger partial charge in [-0.2, -0.15) is 23.4 Å². The minimum Gasteiger partial charge on any atom is -0.353 e. The van der Waals surface area contributed by atoms with Gasteiger partial charge in [-0.3, -0.25) is 29.8 Å². The van der Waals surface area contributed by atoms with Crippen LogP contribution in [0.3, 0.4) is 0 Å². The number of benzene rings is 1. The number of aromatic amines is 1. The van der Waals surface area contributed by atoms with Gasteiger partial charge in [-0.15, -0.1) is 0 Å². The van der Waals surface area contributed by atoms with Crippen LogP contribution in [0.15, 0.2) is 59.8 Å². The third-order valence-corrected chi connectivity index (χ3v) is 10.5. The Morgan fingerprint density at radius 2 is 1.76 bits per heavy atom. The summed E-state index contributed by atoms with van der Waals surface area (Å²) in [6.45, 7) is 6.69. The molecule has 5 aromatic heterocycles. The number of nitrogens with zero attached hydrogens (tertiary/aromatic N) is 11. The summed E-state index contributed by atoms with van der Waals surface area (Å²) in [4.78, 5) is 59.5. The Morgan fingerprint density at radius 3 is 2.47 bits per heavy atom. The topological polar surface area (TPSA) is 209 Å². The van der Waals surface area contributed by atoms with Crippen molar-refractivity contribution in [1.29, 1.82) is 0 Å². The summed E-state index contributed by atoms with van der Waals surface area (Å²) in [6, 6.07) is 5.78. The van der Waals surface area contributed by atoms with Crippen LogP contribution in [0.25, 0.3) is 28.2 Å². The second-order valence-electron chi connectivity index (χ2n) is 14.6. The van der Waals surface area contributed by atoms with Crippen LogP contribution in [0.1, 0.15) is 61.0 Å². The zero-order valence-electron chi connectivity index (χ0n) is 31.8. The summed E-state index contributed by atoms with van der Waals surface area (Å²) < 4.78 is 62.4. The van der Waals surface area contributed by atoms with Crippen molar-refractivity contribution in [2.45, 2.75) is 51.4 Å². The van der Waals surface area contributed by atoms with Gasteiger partial charge in [0.05, 0.1) is 30.8 Å². The molecule has 1 unspecified atom stereocenters. The summed E-state index contributed by atoms with van der Waals surface area (Å²) >= 11 is 0. The van der Waals surface area contributed by atoms with Gasteiger partial charge in [-0.1, -0.05) is 17.3 Å². The van der Waals surface area contributed by atoms with Crippen LogP contribution in [0.4, 0.5) is 33.9 Å². The number of amides is 4. The van der Waals surface area contributed by atoms with Crippen molar-refractivity contribution in [2.24, 2.45) is 0 Å². The molecule has 306 valence electrons. The highest BCUT2D eigenvalue weighted by molar-refractivity contribution is 6.07. The number of rotatable bonds is 10. The SMILES string of the molecule is CC(c1ccc(-c2cnc(-c3cc(C(=O)NCc4nc(C(C)(C)C(F)(F)F)n[nH]4)on3)nc2)c(F)c1)N1CCN(c2cn3ncc(N4CCC(=O)NC4=O)c3cn2)CC1. The molecule has 8 rings (SSSR count). The number of urea groups is 1. The molecule has 7 heterocycles. The van der Waals surface area contributed by atoms with Gasteiger partial charge in [0.15, 0.2) is 17.3 Å². The molecule has 6 aromatic rings. The fourth-order valence-electron chi connectivity index (χ4n) is 6.72. The highest BCUT2D eigenvalue weighted by Gasteiger charge is 2.51. The van der Waals surface area contributed by atoms with E-state index in [0.717, 1.165) is 25.2 Å². The van der Waals surface area contributed by atoms with Crippen LogP contribution in [-0.2, 0) is 16.8 Å². The molecule has 0 radical (unpaired) electrons. The van der Waals surface area contributed by atoms with Crippen molar-refractivity contribution >= 4 is 34.9 Å². The van der Waals surface area contributed by atoms with Gasteiger partial charge in [-0.05, 0) is 32.4 Å². The largest absolute Gasteiger partial charge is 0.401 e. The van der Waals surface area contributed by atoms with Crippen LogP contribution in [-0.4, -0.2) is 107 Å². The van der Waals surface area contributed by atoms with Crippen LogP contribution < -0.4 is 20.4 Å². The first-order valence-electron chi connectivity index (χ1n) is 18.5. The van der Waals surface area contributed by atoms with Crippen LogP contribution in [0, 0.1) is 5.82 Å². The number of aromatic nitrogens is 9. The molecule has 3 N–H and O–H groups in total. The van der Waals surface area contributed by atoms with Gasteiger partial charge in [0.25, 0.3) is 5.91 Å². The molecule has 18 nitrogen and oxygen atoms in total. The van der Waals surface area contributed by atoms with Crippen molar-refractivity contribution in [3.05, 3.63) is 84.0 Å².